The zero-order valence-corrected chi connectivity index (χ0v) is 18.0. The maximum Gasteiger partial charge on any atom is 0.410 e. The Morgan fingerprint density at radius 2 is 2.10 bits per heavy atom. The fraction of sp³-hybridized carbons (Fsp3) is 0.619. The molecule has 1 saturated carbocycles. The fourth-order valence-corrected chi connectivity index (χ4v) is 4.42. The third kappa shape index (κ3) is 3.57. The molecular weight excluding hydrogens is 382 g/mol. The molecule has 9 heteroatoms. The maximum absolute atomic E-state index is 12.5. The highest BCUT2D eigenvalue weighted by Gasteiger charge is 2.58. The number of nitrogens with one attached hydrogen (secondary N) is 2. The molecule has 2 aliphatic heterocycles. The number of ether oxygens (including phenoxy) is 1. The number of hydrogen-bond acceptors (Lipinski definition) is 7. The minimum Gasteiger partial charge on any atom is -0.444 e. The highest BCUT2D eigenvalue weighted by molar-refractivity contribution is 5.71. The quantitative estimate of drug-likeness (QED) is 0.796. The number of aromatic nitrogens is 4. The van der Waals surface area contributed by atoms with Gasteiger partial charge in [0.15, 0.2) is 5.82 Å². The molecule has 2 N–H and O–H groups in total. The molecule has 2 unspecified atom stereocenters. The Kier molecular flexibility index (Phi) is 4.20. The molecule has 3 aliphatic rings. The first kappa shape index (κ1) is 19.1. The molecule has 0 spiro atoms. The van der Waals surface area contributed by atoms with Crippen molar-refractivity contribution in [3.63, 3.8) is 0 Å². The Morgan fingerprint density at radius 1 is 1.30 bits per heavy atom. The van der Waals surface area contributed by atoms with Crippen LogP contribution in [-0.4, -0.2) is 62.4 Å². The van der Waals surface area contributed by atoms with Crippen LogP contribution in [0.15, 0.2) is 18.3 Å². The van der Waals surface area contributed by atoms with Crippen molar-refractivity contribution in [3.8, 4) is 0 Å². The van der Waals surface area contributed by atoms with E-state index in [1.54, 1.807) is 6.20 Å². The second-order valence-electron chi connectivity index (χ2n) is 10.0. The first-order chi connectivity index (χ1) is 14.2. The van der Waals surface area contributed by atoms with E-state index in [1.165, 1.54) is 18.5 Å². The molecule has 0 bridgehead atoms. The van der Waals surface area contributed by atoms with Crippen LogP contribution in [0.1, 0.15) is 52.1 Å². The molecular formula is C21H29N7O2. The lowest BCUT2D eigenvalue weighted by atomic mass is 9.76. The van der Waals surface area contributed by atoms with Crippen LogP contribution in [0.2, 0.25) is 0 Å². The molecule has 0 aromatic carbocycles. The van der Waals surface area contributed by atoms with Crippen LogP contribution < -0.4 is 10.2 Å². The molecule has 5 rings (SSSR count). The molecule has 2 aromatic rings. The lowest BCUT2D eigenvalue weighted by Gasteiger charge is -2.50. The van der Waals surface area contributed by atoms with Crippen molar-refractivity contribution in [2.75, 3.05) is 29.9 Å². The number of hydrogen-bond donors (Lipinski definition) is 2. The lowest BCUT2D eigenvalue weighted by molar-refractivity contribution is -0.0489. The number of likely N-dealkylation sites (tertiary alicyclic amines) is 1. The molecule has 1 aliphatic carbocycles. The minimum absolute atomic E-state index is 0.0328. The van der Waals surface area contributed by atoms with Crippen molar-refractivity contribution in [2.45, 2.75) is 58.1 Å². The number of anilines is 3. The lowest BCUT2D eigenvalue weighted by Crippen LogP contribution is -2.65. The normalized spacial score (nSPS) is 25.7. The standard InChI is InChI=1S/C21H29N7O2/c1-20(2,3)30-19(29)28-12-21(4)11-27(10-15(21)28)18-22-8-7-16(24-18)23-17-9-14(25-26-17)13-5-6-13/h7-9,13,15H,5-6,10-12H2,1-4H3,(H2,22,23,24,25,26). The van der Waals surface area contributed by atoms with E-state index in [4.69, 9.17) is 9.72 Å². The van der Waals surface area contributed by atoms with E-state index in [2.05, 4.69) is 38.4 Å². The Labute approximate surface area is 176 Å². The predicted molar refractivity (Wildman–Crippen MR) is 113 cm³/mol. The third-order valence-corrected chi connectivity index (χ3v) is 6.08. The molecule has 2 saturated heterocycles. The number of rotatable bonds is 4. The molecule has 0 radical (unpaired) electrons. The number of H-pyrrole nitrogens is 1. The third-order valence-electron chi connectivity index (χ3n) is 6.08. The van der Waals surface area contributed by atoms with Crippen LogP contribution in [0.4, 0.5) is 22.4 Å². The summed E-state index contributed by atoms with van der Waals surface area (Å²) in [6, 6.07) is 4.00. The van der Waals surface area contributed by atoms with E-state index in [0.717, 1.165) is 12.4 Å². The SMILES string of the molecule is CC(C)(C)OC(=O)N1CC2(C)CN(c3nccc(Nc4cc(C5CC5)[nH]n4)n3)CC12. The first-order valence-electron chi connectivity index (χ1n) is 10.6. The average molecular weight is 412 g/mol. The molecule has 4 heterocycles. The van der Waals surface area contributed by atoms with Gasteiger partial charge in [-0.15, -0.1) is 0 Å². The van der Waals surface area contributed by atoms with Gasteiger partial charge >= 0.3 is 6.09 Å². The van der Waals surface area contributed by atoms with E-state index in [9.17, 15) is 4.79 Å². The summed E-state index contributed by atoms with van der Waals surface area (Å²) in [5.41, 5.74) is 0.722. The van der Waals surface area contributed by atoms with Crippen LogP contribution in [0, 0.1) is 5.41 Å². The first-order valence-corrected chi connectivity index (χ1v) is 10.6. The van der Waals surface area contributed by atoms with E-state index in [0.29, 0.717) is 30.8 Å². The number of fused-ring (bicyclic) bond motifs is 1. The summed E-state index contributed by atoms with van der Waals surface area (Å²) in [5, 5.41) is 10.7. The summed E-state index contributed by atoms with van der Waals surface area (Å²) in [4.78, 5) is 25.7. The number of aromatic amines is 1. The van der Waals surface area contributed by atoms with E-state index in [-0.39, 0.29) is 17.6 Å². The molecule has 2 atom stereocenters. The summed E-state index contributed by atoms with van der Waals surface area (Å²) >= 11 is 0. The smallest absolute Gasteiger partial charge is 0.410 e. The van der Waals surface area contributed by atoms with Crippen molar-refractivity contribution in [1.82, 2.24) is 25.1 Å². The molecule has 160 valence electrons. The van der Waals surface area contributed by atoms with Crippen molar-refractivity contribution in [3.05, 3.63) is 24.0 Å². The van der Waals surface area contributed by atoms with Crippen LogP contribution in [0.25, 0.3) is 0 Å². The minimum atomic E-state index is -0.490. The fourth-order valence-electron chi connectivity index (χ4n) is 4.42. The molecule has 1 amide bonds. The summed E-state index contributed by atoms with van der Waals surface area (Å²) < 4.78 is 5.56. The number of carbonyl (C=O) groups is 1. The maximum atomic E-state index is 12.5. The highest BCUT2D eigenvalue weighted by atomic mass is 16.6. The second-order valence-corrected chi connectivity index (χ2v) is 10.0. The van der Waals surface area contributed by atoms with Crippen molar-refractivity contribution in [1.29, 1.82) is 0 Å². The van der Waals surface area contributed by atoms with Gasteiger partial charge in [-0.25, -0.2) is 9.78 Å². The summed E-state index contributed by atoms with van der Waals surface area (Å²) in [5.74, 6) is 2.77. The van der Waals surface area contributed by atoms with Crippen LogP contribution in [-0.2, 0) is 4.74 Å². The topological polar surface area (TPSA) is 99.3 Å². The van der Waals surface area contributed by atoms with Crippen molar-refractivity contribution in [2.24, 2.45) is 5.41 Å². The van der Waals surface area contributed by atoms with Gasteiger partial charge in [0.2, 0.25) is 5.95 Å². The monoisotopic (exact) mass is 411 g/mol. The molecule has 30 heavy (non-hydrogen) atoms. The van der Waals surface area contributed by atoms with Crippen LogP contribution in [0.5, 0.6) is 0 Å². The number of amides is 1. The van der Waals surface area contributed by atoms with E-state index in [1.807, 2.05) is 31.7 Å². The summed E-state index contributed by atoms with van der Waals surface area (Å²) in [6.07, 6.45) is 3.98. The number of nitrogens with zero attached hydrogens (tertiary/aromatic N) is 5. The van der Waals surface area contributed by atoms with Gasteiger partial charge in [-0.05, 0) is 39.7 Å². The van der Waals surface area contributed by atoms with Crippen LogP contribution >= 0.6 is 0 Å². The van der Waals surface area contributed by atoms with Gasteiger partial charge in [0.05, 0.1) is 6.04 Å². The van der Waals surface area contributed by atoms with Gasteiger partial charge in [-0.2, -0.15) is 10.1 Å². The molecule has 3 fully saturated rings. The highest BCUT2D eigenvalue weighted by Crippen LogP contribution is 2.45. The largest absolute Gasteiger partial charge is 0.444 e. The van der Waals surface area contributed by atoms with Gasteiger partial charge in [0, 0.05) is 48.9 Å². The average Bonchev–Trinajstić information content (AvgIpc) is 3.35. The van der Waals surface area contributed by atoms with Gasteiger partial charge in [-0.1, -0.05) is 6.92 Å². The van der Waals surface area contributed by atoms with Gasteiger partial charge in [0.1, 0.15) is 11.4 Å². The Hall–Kier alpha value is -2.84. The van der Waals surface area contributed by atoms with Crippen molar-refractivity contribution < 1.29 is 9.53 Å². The Balaban J connectivity index is 1.26. The van der Waals surface area contributed by atoms with Gasteiger partial charge < -0.3 is 19.9 Å². The molecule has 9 nitrogen and oxygen atoms in total. The Bertz CT molecular complexity index is 964. The van der Waals surface area contributed by atoms with Crippen molar-refractivity contribution >= 4 is 23.7 Å². The van der Waals surface area contributed by atoms with E-state index >= 15 is 0 Å². The van der Waals surface area contributed by atoms with Gasteiger partial charge in [0.25, 0.3) is 0 Å². The zero-order chi connectivity index (χ0) is 21.1. The Morgan fingerprint density at radius 3 is 2.83 bits per heavy atom. The van der Waals surface area contributed by atoms with E-state index < -0.39 is 5.60 Å². The zero-order valence-electron chi connectivity index (χ0n) is 18.0. The van der Waals surface area contributed by atoms with Crippen LogP contribution in [0.3, 0.4) is 0 Å². The molecule has 2 aromatic heterocycles. The number of carbonyl (C=O) groups excluding carboxylic acids is 1. The predicted octanol–water partition coefficient (Wildman–Crippen LogP) is 3.27. The second kappa shape index (κ2) is 6.58. The summed E-state index contributed by atoms with van der Waals surface area (Å²) in [7, 11) is 0. The van der Waals surface area contributed by atoms with Gasteiger partial charge in [-0.3, -0.25) is 5.10 Å². The summed E-state index contributed by atoms with van der Waals surface area (Å²) in [6.45, 7) is 10.1.